The number of hydrogen-bond donors (Lipinski definition) is 3. The largest absolute Gasteiger partial charge is 0.456 e. The van der Waals surface area contributed by atoms with Gasteiger partial charge in [0.2, 0.25) is 30.1 Å². The van der Waals surface area contributed by atoms with Crippen molar-refractivity contribution >= 4 is 74.9 Å². The van der Waals surface area contributed by atoms with Crippen LogP contribution >= 0.6 is 35.7 Å². The summed E-state index contributed by atoms with van der Waals surface area (Å²) in [4.78, 5) is 74.0. The van der Waals surface area contributed by atoms with Crippen molar-refractivity contribution in [2.75, 3.05) is 32.1 Å². The lowest BCUT2D eigenvalue weighted by molar-refractivity contribution is -0.321. The third kappa shape index (κ3) is 23.4. The minimum atomic E-state index is -1.48. The zero-order valence-electron chi connectivity index (χ0n) is 40.4. The lowest BCUT2D eigenvalue weighted by Crippen LogP contribution is -2.66. The van der Waals surface area contributed by atoms with Crippen LogP contribution in [0.3, 0.4) is 0 Å². The summed E-state index contributed by atoms with van der Waals surface area (Å²) in [5.41, 5.74) is -2.74. The second kappa shape index (κ2) is 26.9. The Morgan fingerprint density at radius 1 is 0.750 bits per heavy atom. The van der Waals surface area contributed by atoms with E-state index >= 15 is 0 Å². The van der Waals surface area contributed by atoms with Crippen LogP contribution in [0.1, 0.15) is 142 Å². The van der Waals surface area contributed by atoms with Crippen molar-refractivity contribution in [1.82, 2.24) is 16.0 Å². The second-order valence-corrected chi connectivity index (χ2v) is 22.5. The molecule has 0 saturated carbocycles. The zero-order valence-corrected chi connectivity index (χ0v) is 42.8. The predicted molar refractivity (Wildman–Crippen MR) is 249 cm³/mol. The first-order valence-corrected chi connectivity index (χ1v) is 23.9. The Morgan fingerprint density at radius 2 is 1.36 bits per heavy atom. The highest BCUT2D eigenvalue weighted by Crippen LogP contribution is 2.36. The highest BCUT2D eigenvalue weighted by molar-refractivity contribution is 8.47. The van der Waals surface area contributed by atoms with Gasteiger partial charge in [0.1, 0.15) is 14.3 Å². The molecular weight excluding hydrogens is 889 g/mol. The fourth-order valence-corrected chi connectivity index (χ4v) is 9.99. The molecule has 1 rings (SSSR count). The molecule has 0 aromatic rings. The van der Waals surface area contributed by atoms with Crippen molar-refractivity contribution in [3.05, 3.63) is 0 Å². The molecule has 1 saturated heterocycles. The number of hydrogen-bond acceptors (Lipinski definition) is 17. The van der Waals surface area contributed by atoms with Crippen LogP contribution < -0.4 is 16.0 Å². The van der Waals surface area contributed by atoms with Crippen molar-refractivity contribution in [3.63, 3.8) is 0 Å². The van der Waals surface area contributed by atoms with Gasteiger partial charge in [0, 0.05) is 59.2 Å². The summed E-state index contributed by atoms with van der Waals surface area (Å²) < 4.78 is 40.5. The number of esters is 3. The lowest BCUT2D eigenvalue weighted by atomic mass is 9.80. The van der Waals surface area contributed by atoms with Crippen LogP contribution in [0.4, 0.5) is 0 Å². The van der Waals surface area contributed by atoms with Gasteiger partial charge in [-0.15, -0.1) is 11.8 Å². The van der Waals surface area contributed by atoms with E-state index in [1.165, 1.54) is 30.4 Å². The van der Waals surface area contributed by atoms with Crippen LogP contribution in [0.25, 0.3) is 0 Å². The maximum absolute atomic E-state index is 13.4. The SMILES string of the molecule is CCSC(=S)SC(C)(C#N)CCC(=O)NCCC(C)(C)OCC(C)(C)OC(C)(C)CC(C)(C)C(=O)NCCCCCO[C@@H]1O[C@H](OC(C)=O)[C@H](OC(C)=O)[C@H](OC(C)=O)[C@H]1NC(C)=O. The Bertz CT molecular complexity index is 1640. The van der Waals surface area contributed by atoms with Gasteiger partial charge in [-0.05, 0) is 92.7 Å². The Hall–Kier alpha value is -3.06. The Labute approximate surface area is 394 Å². The molecule has 0 bridgehead atoms. The van der Waals surface area contributed by atoms with Gasteiger partial charge in [-0.2, -0.15) is 5.26 Å². The maximum Gasteiger partial charge on any atom is 0.305 e. The standard InChI is InChI=1S/C44H74N4O13S3/c1-15-63-39(62)64-44(14,26-45)20-19-32(53)46-23-21-41(8,9)56-27-43(12,13)61-42(10,11)25-40(6,7)38(54)47-22-17-16-18-24-55-36-33(48-28(2)49)34(57-29(3)50)35(58-30(4)51)37(60-36)59-31(5)52/h33-37H,15-25,27H2,1-14H3,(H,46,53)(H,47,54)(H,48,49)/t33-,34-,35-,36-,37+,44?/m1/s1. The van der Waals surface area contributed by atoms with Crippen LogP contribution in [-0.2, 0) is 61.9 Å². The number of unbranched alkanes of at least 4 members (excludes halogenated alkanes) is 2. The van der Waals surface area contributed by atoms with E-state index in [0.29, 0.717) is 55.1 Å². The molecule has 0 aromatic heterocycles. The van der Waals surface area contributed by atoms with E-state index in [1.54, 1.807) is 0 Å². The smallest absolute Gasteiger partial charge is 0.305 e. The Balaban J connectivity index is 2.64. The fourth-order valence-electron chi connectivity index (χ4n) is 7.09. The van der Waals surface area contributed by atoms with E-state index in [0.717, 1.165) is 26.5 Å². The summed E-state index contributed by atoms with van der Waals surface area (Å²) in [5, 5.41) is 18.3. The number of ether oxygens (including phenoxy) is 7. The van der Waals surface area contributed by atoms with Gasteiger partial charge in [0.15, 0.2) is 12.4 Å². The van der Waals surface area contributed by atoms with Gasteiger partial charge in [0.05, 0.1) is 29.5 Å². The lowest BCUT2D eigenvalue weighted by Gasteiger charge is -2.44. The molecule has 1 aliphatic rings. The topological polar surface area (TPSA) is 227 Å². The normalized spacial score (nSPS) is 20.2. The number of rotatable bonds is 27. The van der Waals surface area contributed by atoms with Gasteiger partial charge < -0.3 is 49.1 Å². The van der Waals surface area contributed by atoms with Gasteiger partial charge >= 0.3 is 17.9 Å². The first-order chi connectivity index (χ1) is 29.5. The van der Waals surface area contributed by atoms with E-state index in [4.69, 9.17) is 45.4 Å². The Kier molecular flexibility index (Phi) is 24.8. The molecule has 64 heavy (non-hydrogen) atoms. The van der Waals surface area contributed by atoms with E-state index in [9.17, 15) is 34.0 Å². The molecule has 17 nitrogen and oxygen atoms in total. The summed E-state index contributed by atoms with van der Waals surface area (Å²) >= 11 is 8.20. The van der Waals surface area contributed by atoms with E-state index < -0.39 is 81.6 Å². The third-order valence-electron chi connectivity index (χ3n) is 9.68. The molecule has 3 amide bonds. The number of nitrogens with one attached hydrogen (secondary N) is 3. The average Bonchev–Trinajstić information content (AvgIpc) is 3.13. The number of thioether (sulfide) groups is 2. The minimum Gasteiger partial charge on any atom is -0.456 e. The van der Waals surface area contributed by atoms with Gasteiger partial charge in [0.25, 0.3) is 0 Å². The third-order valence-corrected chi connectivity index (χ3v) is 12.3. The molecule has 366 valence electrons. The van der Waals surface area contributed by atoms with Crippen molar-refractivity contribution in [1.29, 1.82) is 5.26 Å². The number of amides is 3. The minimum absolute atomic E-state index is 0.128. The molecule has 1 fully saturated rings. The summed E-state index contributed by atoms with van der Waals surface area (Å²) in [6.07, 6.45) is -2.01. The summed E-state index contributed by atoms with van der Waals surface area (Å²) in [6, 6.07) is 1.20. The van der Waals surface area contributed by atoms with Crippen LogP contribution in [-0.4, -0.2) is 124 Å². The Morgan fingerprint density at radius 3 is 1.92 bits per heavy atom. The summed E-state index contributed by atoms with van der Waals surface area (Å²) in [6.45, 7) is 25.1. The monoisotopic (exact) mass is 962 g/mol. The molecule has 6 atom stereocenters. The molecule has 3 N–H and O–H groups in total. The average molecular weight is 963 g/mol. The highest BCUT2D eigenvalue weighted by Gasteiger charge is 2.52. The fraction of sp³-hybridized carbons (Fsp3) is 0.818. The van der Waals surface area contributed by atoms with Gasteiger partial charge in [-0.1, -0.05) is 44.8 Å². The first kappa shape index (κ1) is 59.0. The number of carbonyl (C=O) groups excluding carboxylic acids is 6. The molecule has 0 aromatic carbocycles. The molecule has 1 heterocycles. The number of nitrogens with zero attached hydrogens (tertiary/aromatic N) is 1. The highest BCUT2D eigenvalue weighted by atomic mass is 32.2. The maximum atomic E-state index is 13.4. The molecule has 0 radical (unpaired) electrons. The van der Waals surface area contributed by atoms with Crippen molar-refractivity contribution in [2.45, 2.75) is 194 Å². The predicted octanol–water partition coefficient (Wildman–Crippen LogP) is 6.03. The van der Waals surface area contributed by atoms with Crippen LogP contribution in [0.2, 0.25) is 0 Å². The molecule has 0 spiro atoms. The van der Waals surface area contributed by atoms with Crippen LogP contribution in [0.5, 0.6) is 0 Å². The molecular formula is C44H74N4O13S3. The number of nitriles is 1. The van der Waals surface area contributed by atoms with Crippen molar-refractivity contribution < 1.29 is 61.9 Å². The quantitative estimate of drug-likeness (QED) is 0.0370. The van der Waals surface area contributed by atoms with Gasteiger partial charge in [-0.3, -0.25) is 28.8 Å². The van der Waals surface area contributed by atoms with Crippen molar-refractivity contribution in [3.8, 4) is 6.07 Å². The molecule has 1 unspecified atom stereocenters. The van der Waals surface area contributed by atoms with Gasteiger partial charge in [-0.25, -0.2) is 0 Å². The zero-order chi connectivity index (χ0) is 49.1. The molecule has 1 aliphatic heterocycles. The molecule has 0 aliphatic carbocycles. The number of carbonyl (C=O) groups is 6. The molecule has 20 heteroatoms. The van der Waals surface area contributed by atoms with E-state index in [1.807, 2.05) is 69.2 Å². The summed E-state index contributed by atoms with van der Waals surface area (Å²) in [7, 11) is 0. The van der Waals surface area contributed by atoms with Crippen LogP contribution in [0.15, 0.2) is 0 Å². The summed E-state index contributed by atoms with van der Waals surface area (Å²) in [5.74, 6) is -2.16. The second-order valence-electron chi connectivity index (χ2n) is 18.5. The van der Waals surface area contributed by atoms with Crippen molar-refractivity contribution in [2.24, 2.45) is 5.41 Å². The first-order valence-electron chi connectivity index (χ1n) is 21.7. The number of thiocarbonyl (C=S) groups is 1. The van der Waals surface area contributed by atoms with E-state index in [-0.39, 0.29) is 31.4 Å². The van der Waals surface area contributed by atoms with E-state index in [2.05, 4.69) is 22.0 Å². The van der Waals surface area contributed by atoms with Crippen LogP contribution in [0, 0.1) is 16.7 Å².